The molecule has 2 unspecified atom stereocenters. The molecule has 0 spiro atoms. The van der Waals surface area contributed by atoms with Gasteiger partial charge in [0, 0.05) is 25.5 Å². The van der Waals surface area contributed by atoms with Gasteiger partial charge in [0.1, 0.15) is 0 Å². The van der Waals surface area contributed by atoms with E-state index in [2.05, 4.69) is 22.2 Å². The molecule has 2 rings (SSSR count). The van der Waals surface area contributed by atoms with Crippen LogP contribution in [0, 0.1) is 0 Å². The number of aromatic nitrogens is 1. The van der Waals surface area contributed by atoms with Gasteiger partial charge in [-0.1, -0.05) is 13.0 Å². The number of nitrogens with two attached hydrogens (primary N) is 1. The number of nitrogens with zero attached hydrogens (tertiary/aromatic N) is 2. The van der Waals surface area contributed by atoms with Crippen LogP contribution in [0.15, 0.2) is 24.5 Å². The standard InChI is InChI=1S/C13H22N4O/c1-2-6-17-7-8-18-12(10-17)13(16-14)11-4-3-5-15-9-11/h3-5,9,12-13,16H,2,6-8,10,14H2,1H3. The van der Waals surface area contributed by atoms with Crippen molar-refractivity contribution >= 4 is 0 Å². The predicted molar refractivity (Wildman–Crippen MR) is 70.8 cm³/mol. The van der Waals surface area contributed by atoms with Crippen LogP contribution in [0.2, 0.25) is 0 Å². The van der Waals surface area contributed by atoms with Gasteiger partial charge in [0.15, 0.2) is 0 Å². The van der Waals surface area contributed by atoms with Gasteiger partial charge in [0.25, 0.3) is 0 Å². The summed E-state index contributed by atoms with van der Waals surface area (Å²) in [6, 6.07) is 3.95. The van der Waals surface area contributed by atoms with Gasteiger partial charge in [0.05, 0.1) is 18.8 Å². The molecule has 0 aromatic carbocycles. The Morgan fingerprint density at radius 3 is 3.22 bits per heavy atom. The summed E-state index contributed by atoms with van der Waals surface area (Å²) in [6.45, 7) is 6.00. The van der Waals surface area contributed by atoms with Gasteiger partial charge in [-0.2, -0.15) is 0 Å². The van der Waals surface area contributed by atoms with Crippen molar-refractivity contribution in [1.82, 2.24) is 15.3 Å². The maximum absolute atomic E-state index is 5.85. The molecule has 5 nitrogen and oxygen atoms in total. The monoisotopic (exact) mass is 250 g/mol. The molecule has 0 aliphatic carbocycles. The highest BCUT2D eigenvalue weighted by Gasteiger charge is 2.28. The quantitative estimate of drug-likeness (QED) is 0.595. The largest absolute Gasteiger partial charge is 0.374 e. The maximum atomic E-state index is 5.85. The van der Waals surface area contributed by atoms with Crippen molar-refractivity contribution in [1.29, 1.82) is 0 Å². The van der Waals surface area contributed by atoms with Crippen molar-refractivity contribution in [3.8, 4) is 0 Å². The molecule has 2 heterocycles. The van der Waals surface area contributed by atoms with E-state index >= 15 is 0 Å². The van der Waals surface area contributed by atoms with Gasteiger partial charge in [-0.05, 0) is 24.6 Å². The van der Waals surface area contributed by atoms with Gasteiger partial charge < -0.3 is 4.74 Å². The van der Waals surface area contributed by atoms with E-state index in [1.165, 1.54) is 6.42 Å². The van der Waals surface area contributed by atoms with Crippen molar-refractivity contribution in [2.75, 3.05) is 26.2 Å². The van der Waals surface area contributed by atoms with E-state index in [0.717, 1.165) is 31.8 Å². The number of hydrogen-bond donors (Lipinski definition) is 2. The topological polar surface area (TPSA) is 63.4 Å². The summed E-state index contributed by atoms with van der Waals surface area (Å²) >= 11 is 0. The Bertz CT molecular complexity index is 344. The molecule has 1 aliphatic rings. The van der Waals surface area contributed by atoms with Crippen molar-refractivity contribution < 1.29 is 4.74 Å². The zero-order valence-electron chi connectivity index (χ0n) is 10.9. The number of pyridine rings is 1. The Kier molecular flexibility index (Phi) is 5.07. The molecule has 0 saturated carbocycles. The zero-order chi connectivity index (χ0) is 12.8. The second-order valence-electron chi connectivity index (χ2n) is 4.64. The summed E-state index contributed by atoms with van der Waals surface area (Å²) in [6.07, 6.45) is 4.86. The molecule has 1 aliphatic heterocycles. The normalized spacial score (nSPS) is 22.9. The Morgan fingerprint density at radius 1 is 1.67 bits per heavy atom. The van der Waals surface area contributed by atoms with Crippen LogP contribution in [0.5, 0.6) is 0 Å². The van der Waals surface area contributed by atoms with Crippen LogP contribution >= 0.6 is 0 Å². The third kappa shape index (κ3) is 3.26. The first-order valence-corrected chi connectivity index (χ1v) is 6.55. The van der Waals surface area contributed by atoms with E-state index in [4.69, 9.17) is 10.6 Å². The molecule has 0 bridgehead atoms. The summed E-state index contributed by atoms with van der Waals surface area (Å²) in [5.41, 5.74) is 3.93. The molecule has 5 heteroatoms. The van der Waals surface area contributed by atoms with E-state index in [-0.39, 0.29) is 12.1 Å². The van der Waals surface area contributed by atoms with Gasteiger partial charge >= 0.3 is 0 Å². The first-order valence-electron chi connectivity index (χ1n) is 6.55. The highest BCUT2D eigenvalue weighted by molar-refractivity contribution is 5.15. The van der Waals surface area contributed by atoms with Crippen LogP contribution in [-0.2, 0) is 4.74 Å². The van der Waals surface area contributed by atoms with Crippen LogP contribution in [0.1, 0.15) is 24.9 Å². The minimum atomic E-state index is -0.00152. The summed E-state index contributed by atoms with van der Waals surface area (Å²) < 4.78 is 5.85. The van der Waals surface area contributed by atoms with Crippen molar-refractivity contribution in [2.45, 2.75) is 25.5 Å². The molecule has 0 amide bonds. The summed E-state index contributed by atoms with van der Waals surface area (Å²) in [5.74, 6) is 5.68. The number of ether oxygens (including phenoxy) is 1. The number of morpholine rings is 1. The first-order chi connectivity index (χ1) is 8.85. The van der Waals surface area contributed by atoms with E-state index in [9.17, 15) is 0 Å². The smallest absolute Gasteiger partial charge is 0.0910 e. The highest BCUT2D eigenvalue weighted by atomic mass is 16.5. The Labute approximate surface area is 108 Å². The molecular formula is C13H22N4O. The third-order valence-corrected chi connectivity index (χ3v) is 3.31. The predicted octanol–water partition coefficient (Wildman–Crippen LogP) is 0.697. The Hall–Kier alpha value is -1.01. The van der Waals surface area contributed by atoms with Gasteiger partial charge in [0.2, 0.25) is 0 Å². The number of rotatable bonds is 5. The molecule has 1 aromatic rings. The molecular weight excluding hydrogens is 228 g/mol. The van der Waals surface area contributed by atoms with E-state index in [1.54, 1.807) is 6.20 Å². The summed E-state index contributed by atoms with van der Waals surface area (Å²) in [7, 11) is 0. The summed E-state index contributed by atoms with van der Waals surface area (Å²) in [5, 5.41) is 0. The Morgan fingerprint density at radius 2 is 2.56 bits per heavy atom. The summed E-state index contributed by atoms with van der Waals surface area (Å²) in [4.78, 5) is 6.56. The minimum Gasteiger partial charge on any atom is -0.374 e. The minimum absolute atomic E-state index is 0.00152. The number of nitrogens with one attached hydrogen (secondary N) is 1. The fourth-order valence-corrected chi connectivity index (χ4v) is 2.43. The van der Waals surface area contributed by atoms with Gasteiger partial charge in [-0.15, -0.1) is 0 Å². The molecule has 3 N–H and O–H groups in total. The lowest BCUT2D eigenvalue weighted by molar-refractivity contribution is -0.0471. The van der Waals surface area contributed by atoms with Crippen molar-refractivity contribution in [2.24, 2.45) is 5.84 Å². The zero-order valence-corrected chi connectivity index (χ0v) is 10.9. The average Bonchev–Trinajstić information content (AvgIpc) is 2.42. The second kappa shape index (κ2) is 6.80. The Balaban J connectivity index is 2.03. The number of hydrazine groups is 1. The average molecular weight is 250 g/mol. The molecule has 1 saturated heterocycles. The fourth-order valence-electron chi connectivity index (χ4n) is 2.43. The first kappa shape index (κ1) is 13.4. The van der Waals surface area contributed by atoms with Crippen LogP contribution < -0.4 is 11.3 Å². The number of hydrogen-bond acceptors (Lipinski definition) is 5. The van der Waals surface area contributed by atoms with Crippen LogP contribution in [0.3, 0.4) is 0 Å². The highest BCUT2D eigenvalue weighted by Crippen LogP contribution is 2.21. The van der Waals surface area contributed by atoms with E-state index in [0.29, 0.717) is 0 Å². The lowest BCUT2D eigenvalue weighted by Crippen LogP contribution is -2.49. The van der Waals surface area contributed by atoms with Gasteiger partial charge in [-0.25, -0.2) is 0 Å². The van der Waals surface area contributed by atoms with E-state index < -0.39 is 0 Å². The van der Waals surface area contributed by atoms with Crippen LogP contribution in [0.25, 0.3) is 0 Å². The fraction of sp³-hybridized carbons (Fsp3) is 0.615. The molecule has 2 atom stereocenters. The lowest BCUT2D eigenvalue weighted by atomic mass is 10.0. The molecule has 1 fully saturated rings. The van der Waals surface area contributed by atoms with Gasteiger partial charge in [-0.3, -0.25) is 21.2 Å². The van der Waals surface area contributed by atoms with E-state index in [1.807, 2.05) is 18.3 Å². The SMILES string of the molecule is CCCN1CCOC(C(NN)c2cccnc2)C1. The van der Waals surface area contributed by atoms with Crippen LogP contribution in [0.4, 0.5) is 0 Å². The third-order valence-electron chi connectivity index (χ3n) is 3.31. The maximum Gasteiger partial charge on any atom is 0.0910 e. The second-order valence-corrected chi connectivity index (χ2v) is 4.64. The lowest BCUT2D eigenvalue weighted by Gasteiger charge is -2.36. The molecule has 0 radical (unpaired) electrons. The molecule has 1 aromatic heterocycles. The van der Waals surface area contributed by atoms with Crippen molar-refractivity contribution in [3.05, 3.63) is 30.1 Å². The van der Waals surface area contributed by atoms with Crippen LogP contribution in [-0.4, -0.2) is 42.2 Å². The molecule has 100 valence electrons. The van der Waals surface area contributed by atoms with Crippen molar-refractivity contribution in [3.63, 3.8) is 0 Å². The molecule has 18 heavy (non-hydrogen) atoms.